The number of aromatic nitrogens is 2. The number of anilines is 1. The zero-order chi connectivity index (χ0) is 24.5. The molecular formula is C23H22F3N3O4S. The fourth-order valence-corrected chi connectivity index (χ4v) is 5.20. The van der Waals surface area contributed by atoms with Gasteiger partial charge in [-0.1, -0.05) is 6.07 Å². The molecule has 2 heterocycles. The van der Waals surface area contributed by atoms with E-state index in [1.165, 1.54) is 24.5 Å². The number of hydrogen-bond donors (Lipinski definition) is 2. The third-order valence-corrected chi connectivity index (χ3v) is 7.10. The van der Waals surface area contributed by atoms with Crippen LogP contribution in [-0.2, 0) is 10.9 Å². The first-order valence-corrected chi connectivity index (χ1v) is 11.5. The maximum absolute atomic E-state index is 13.0. The van der Waals surface area contributed by atoms with Crippen molar-refractivity contribution < 1.29 is 32.6 Å². The number of aliphatic hydroxyl groups is 1. The summed E-state index contributed by atoms with van der Waals surface area (Å²) < 4.78 is 44.5. The second-order valence-electron chi connectivity index (χ2n) is 8.17. The minimum absolute atomic E-state index is 0.0381. The summed E-state index contributed by atoms with van der Waals surface area (Å²) in [4.78, 5) is 33.1. The van der Waals surface area contributed by atoms with Crippen molar-refractivity contribution in [1.82, 2.24) is 9.97 Å². The van der Waals surface area contributed by atoms with Crippen molar-refractivity contribution in [2.75, 3.05) is 19.0 Å². The van der Waals surface area contributed by atoms with Crippen molar-refractivity contribution in [3.8, 4) is 0 Å². The number of halogens is 3. The highest BCUT2D eigenvalue weighted by atomic mass is 32.1. The van der Waals surface area contributed by atoms with Gasteiger partial charge in [-0.3, -0.25) is 4.79 Å². The lowest BCUT2D eigenvalue weighted by molar-refractivity contribution is -0.141. The number of esters is 1. The number of alkyl halides is 3. The molecule has 1 saturated carbocycles. The minimum atomic E-state index is -4.69. The van der Waals surface area contributed by atoms with Crippen molar-refractivity contribution in [3.05, 3.63) is 52.3 Å². The van der Waals surface area contributed by atoms with Crippen LogP contribution in [0.2, 0.25) is 0 Å². The molecule has 180 valence electrons. The highest BCUT2D eigenvalue weighted by Gasteiger charge is 2.33. The van der Waals surface area contributed by atoms with Gasteiger partial charge in [0.15, 0.2) is 0 Å². The van der Waals surface area contributed by atoms with Crippen LogP contribution in [0.15, 0.2) is 30.3 Å². The van der Waals surface area contributed by atoms with E-state index in [1.54, 1.807) is 6.07 Å². The predicted molar refractivity (Wildman–Crippen MR) is 120 cm³/mol. The SMILES string of the molecule is COC(=O)c1cc2nc([C@H]3CC[C@H](CO)CC3)sc2cc1NC(=O)c1cccc(C(F)(F)F)n1. The number of hydrogen-bond acceptors (Lipinski definition) is 7. The summed E-state index contributed by atoms with van der Waals surface area (Å²) in [6, 6.07) is 6.11. The Bertz CT molecular complexity index is 1220. The molecule has 0 atom stereocenters. The number of thiazole rings is 1. The van der Waals surface area contributed by atoms with Crippen LogP contribution in [0, 0.1) is 5.92 Å². The van der Waals surface area contributed by atoms with Crippen LogP contribution in [0.4, 0.5) is 18.9 Å². The first kappa shape index (κ1) is 24.1. The van der Waals surface area contributed by atoms with E-state index in [9.17, 15) is 27.9 Å². The summed E-state index contributed by atoms with van der Waals surface area (Å²) in [7, 11) is 1.19. The molecule has 0 saturated heterocycles. The quantitative estimate of drug-likeness (QED) is 0.485. The molecule has 1 amide bonds. The van der Waals surface area contributed by atoms with E-state index in [4.69, 9.17) is 4.74 Å². The highest BCUT2D eigenvalue weighted by molar-refractivity contribution is 7.18. The number of fused-ring (bicyclic) bond motifs is 1. The second-order valence-corrected chi connectivity index (χ2v) is 9.23. The second kappa shape index (κ2) is 9.67. The van der Waals surface area contributed by atoms with Gasteiger partial charge in [0, 0.05) is 12.5 Å². The third kappa shape index (κ3) is 5.05. The Morgan fingerprint density at radius 3 is 2.56 bits per heavy atom. The fraction of sp³-hybridized carbons (Fsp3) is 0.391. The first-order valence-electron chi connectivity index (χ1n) is 10.7. The summed E-state index contributed by atoms with van der Waals surface area (Å²) >= 11 is 1.44. The van der Waals surface area contributed by atoms with Crippen molar-refractivity contribution >= 4 is 39.1 Å². The molecular weight excluding hydrogens is 471 g/mol. The van der Waals surface area contributed by atoms with Gasteiger partial charge in [-0.05, 0) is 55.9 Å². The fourth-order valence-electron chi connectivity index (χ4n) is 4.05. The van der Waals surface area contributed by atoms with Crippen molar-refractivity contribution in [2.24, 2.45) is 5.92 Å². The van der Waals surface area contributed by atoms with Crippen molar-refractivity contribution in [1.29, 1.82) is 0 Å². The Morgan fingerprint density at radius 1 is 1.18 bits per heavy atom. The molecule has 0 aliphatic heterocycles. The van der Waals surface area contributed by atoms with Gasteiger partial charge < -0.3 is 15.2 Å². The van der Waals surface area contributed by atoms with E-state index >= 15 is 0 Å². The topological polar surface area (TPSA) is 101 Å². The van der Waals surface area contributed by atoms with Gasteiger partial charge in [-0.15, -0.1) is 11.3 Å². The minimum Gasteiger partial charge on any atom is -0.465 e. The average molecular weight is 494 g/mol. The molecule has 1 fully saturated rings. The predicted octanol–water partition coefficient (Wildman–Crippen LogP) is 5.02. The monoisotopic (exact) mass is 493 g/mol. The molecule has 11 heteroatoms. The molecule has 4 rings (SSSR count). The first-order chi connectivity index (χ1) is 16.2. The Balaban J connectivity index is 1.65. The van der Waals surface area contributed by atoms with Crippen LogP contribution >= 0.6 is 11.3 Å². The Hall–Kier alpha value is -3.05. The largest absolute Gasteiger partial charge is 0.465 e. The zero-order valence-electron chi connectivity index (χ0n) is 18.2. The third-order valence-electron chi connectivity index (χ3n) is 5.92. The van der Waals surface area contributed by atoms with E-state index in [0.29, 0.717) is 11.4 Å². The van der Waals surface area contributed by atoms with Gasteiger partial charge in [-0.25, -0.2) is 14.8 Å². The molecule has 0 unspecified atom stereocenters. The lowest BCUT2D eigenvalue weighted by atomic mass is 9.83. The number of ether oxygens (including phenoxy) is 1. The standard InChI is InChI=1S/C23H22F3N3O4S/c1-33-22(32)14-9-17-18(34-21(29-17)13-7-5-12(11-30)6-8-13)10-16(14)28-20(31)15-3-2-4-19(27-15)23(24,25)26/h2-4,9-10,12-13,30H,5-8,11H2,1H3,(H,28,31)/t12-,13-. The van der Waals surface area contributed by atoms with E-state index in [2.05, 4.69) is 15.3 Å². The van der Waals surface area contributed by atoms with E-state index in [-0.39, 0.29) is 23.8 Å². The van der Waals surface area contributed by atoms with E-state index < -0.39 is 29.4 Å². The number of nitrogens with one attached hydrogen (secondary N) is 1. The summed E-state index contributed by atoms with van der Waals surface area (Å²) in [5, 5.41) is 12.8. The van der Waals surface area contributed by atoms with Crippen LogP contribution in [0.1, 0.15) is 63.1 Å². The lowest BCUT2D eigenvalue weighted by Gasteiger charge is -2.25. The summed E-state index contributed by atoms with van der Waals surface area (Å²) in [6.45, 7) is 0.179. The van der Waals surface area contributed by atoms with Crippen LogP contribution in [0.5, 0.6) is 0 Å². The molecule has 3 aromatic rings. The Labute approximate surface area is 197 Å². The Kier molecular flexibility index (Phi) is 6.85. The van der Waals surface area contributed by atoms with E-state index in [1.807, 2.05) is 0 Å². The number of carbonyl (C=O) groups is 2. The number of aliphatic hydroxyl groups excluding tert-OH is 1. The normalized spacial score (nSPS) is 18.6. The molecule has 1 aliphatic rings. The molecule has 1 aromatic carbocycles. The molecule has 2 aromatic heterocycles. The maximum atomic E-state index is 13.0. The van der Waals surface area contributed by atoms with Crippen molar-refractivity contribution in [3.63, 3.8) is 0 Å². The summed E-state index contributed by atoms with van der Waals surface area (Å²) in [5.74, 6) is -1.05. The number of rotatable bonds is 5. The van der Waals surface area contributed by atoms with Gasteiger partial charge in [0.05, 0.1) is 33.6 Å². The van der Waals surface area contributed by atoms with Gasteiger partial charge >= 0.3 is 12.1 Å². The Morgan fingerprint density at radius 2 is 1.91 bits per heavy atom. The van der Waals surface area contributed by atoms with Crippen LogP contribution in [0.3, 0.4) is 0 Å². The number of methoxy groups -OCH3 is 1. The van der Waals surface area contributed by atoms with Gasteiger partial charge in [0.25, 0.3) is 5.91 Å². The summed E-state index contributed by atoms with van der Waals surface area (Å²) in [5.41, 5.74) is -0.915. The molecule has 1 aliphatic carbocycles. The van der Waals surface area contributed by atoms with Gasteiger partial charge in [-0.2, -0.15) is 13.2 Å². The van der Waals surface area contributed by atoms with Crippen LogP contribution in [-0.4, -0.2) is 40.7 Å². The van der Waals surface area contributed by atoms with Crippen LogP contribution < -0.4 is 5.32 Å². The number of carbonyl (C=O) groups excluding carboxylic acids is 2. The smallest absolute Gasteiger partial charge is 0.433 e. The molecule has 0 bridgehead atoms. The number of amides is 1. The lowest BCUT2D eigenvalue weighted by Crippen LogP contribution is -2.18. The summed E-state index contributed by atoms with van der Waals surface area (Å²) in [6.07, 6.45) is -1.06. The molecule has 0 spiro atoms. The number of pyridine rings is 1. The average Bonchev–Trinajstić information content (AvgIpc) is 3.25. The highest BCUT2D eigenvalue weighted by Crippen LogP contribution is 2.40. The van der Waals surface area contributed by atoms with Gasteiger partial charge in [0.2, 0.25) is 0 Å². The maximum Gasteiger partial charge on any atom is 0.433 e. The molecule has 7 nitrogen and oxygen atoms in total. The van der Waals surface area contributed by atoms with Crippen molar-refractivity contribution in [2.45, 2.75) is 37.8 Å². The van der Waals surface area contributed by atoms with Crippen LogP contribution in [0.25, 0.3) is 10.2 Å². The molecule has 0 radical (unpaired) electrons. The van der Waals surface area contributed by atoms with Gasteiger partial charge in [0.1, 0.15) is 11.4 Å². The van der Waals surface area contributed by atoms with E-state index in [0.717, 1.165) is 53.6 Å². The zero-order valence-corrected chi connectivity index (χ0v) is 19.0. The number of benzene rings is 1. The molecule has 2 N–H and O–H groups in total. The number of nitrogens with zero attached hydrogens (tertiary/aromatic N) is 2. The molecule has 34 heavy (non-hydrogen) atoms.